The molecule has 1 aliphatic heterocycles. The van der Waals surface area contributed by atoms with Gasteiger partial charge in [0.05, 0.1) is 22.5 Å². The fourth-order valence-electron chi connectivity index (χ4n) is 2.68. The molecular weight excluding hydrogens is 282 g/mol. The number of carbonyl (C=O) groups excluding carboxylic acids is 1. The number of sulfone groups is 1. The summed E-state index contributed by atoms with van der Waals surface area (Å²) in [6, 6.07) is 0. The first-order chi connectivity index (χ1) is 9.08. The molecule has 0 aromatic heterocycles. The Balaban J connectivity index is 2.75. The van der Waals surface area contributed by atoms with Gasteiger partial charge in [-0.05, 0) is 26.2 Å². The average Bonchev–Trinajstić information content (AvgIpc) is 2.59. The number of nitrogens with one attached hydrogen (secondary N) is 1. The minimum Gasteiger partial charge on any atom is -0.481 e. The zero-order valence-corrected chi connectivity index (χ0v) is 13.0. The molecular formula is C13H23NO5S. The maximum Gasteiger partial charge on any atom is 0.310 e. The summed E-state index contributed by atoms with van der Waals surface area (Å²) in [5.41, 5.74) is -1.85. The minimum absolute atomic E-state index is 0.0649. The third kappa shape index (κ3) is 3.71. The Bertz CT molecular complexity index is 495. The Kier molecular flexibility index (Phi) is 4.84. The van der Waals surface area contributed by atoms with E-state index in [0.29, 0.717) is 19.3 Å². The number of rotatable bonds is 6. The van der Waals surface area contributed by atoms with E-state index in [1.54, 1.807) is 20.8 Å². The van der Waals surface area contributed by atoms with Gasteiger partial charge in [0.15, 0.2) is 9.84 Å². The zero-order chi connectivity index (χ0) is 15.6. The van der Waals surface area contributed by atoms with Gasteiger partial charge in [0.25, 0.3) is 0 Å². The molecule has 1 unspecified atom stereocenters. The molecule has 0 aliphatic carbocycles. The van der Waals surface area contributed by atoms with E-state index in [9.17, 15) is 23.1 Å². The highest BCUT2D eigenvalue weighted by atomic mass is 32.2. The van der Waals surface area contributed by atoms with Crippen molar-refractivity contribution in [3.8, 4) is 0 Å². The third-order valence-corrected chi connectivity index (χ3v) is 6.15. The molecule has 0 bridgehead atoms. The van der Waals surface area contributed by atoms with E-state index in [2.05, 4.69) is 5.32 Å². The Morgan fingerprint density at radius 3 is 2.20 bits per heavy atom. The van der Waals surface area contributed by atoms with Crippen molar-refractivity contribution in [2.45, 2.75) is 52.0 Å². The molecule has 116 valence electrons. The van der Waals surface area contributed by atoms with Crippen LogP contribution in [0.1, 0.15) is 46.5 Å². The molecule has 20 heavy (non-hydrogen) atoms. The van der Waals surface area contributed by atoms with Crippen molar-refractivity contribution in [2.24, 2.45) is 5.41 Å². The van der Waals surface area contributed by atoms with Gasteiger partial charge < -0.3 is 10.4 Å². The van der Waals surface area contributed by atoms with Crippen LogP contribution in [0.25, 0.3) is 0 Å². The van der Waals surface area contributed by atoms with Crippen LogP contribution in [0.15, 0.2) is 0 Å². The van der Waals surface area contributed by atoms with Gasteiger partial charge >= 0.3 is 5.97 Å². The van der Waals surface area contributed by atoms with E-state index in [4.69, 9.17) is 0 Å². The van der Waals surface area contributed by atoms with Crippen molar-refractivity contribution < 1.29 is 23.1 Å². The van der Waals surface area contributed by atoms with E-state index in [-0.39, 0.29) is 17.9 Å². The van der Waals surface area contributed by atoms with Crippen LogP contribution in [0.2, 0.25) is 0 Å². The van der Waals surface area contributed by atoms with Crippen LogP contribution in [0, 0.1) is 5.41 Å². The molecule has 6 nitrogen and oxygen atoms in total. The molecule has 2 N–H and O–H groups in total. The maximum absolute atomic E-state index is 12.1. The SMILES string of the molecule is CCC(CC)(CC(=O)NC1(C)CCS(=O)(=O)C1)C(=O)O. The fourth-order valence-corrected chi connectivity index (χ4v) is 4.77. The molecule has 1 amide bonds. The first-order valence-corrected chi connectivity index (χ1v) is 8.65. The van der Waals surface area contributed by atoms with Gasteiger partial charge in [-0.15, -0.1) is 0 Å². The highest BCUT2D eigenvalue weighted by Crippen LogP contribution is 2.32. The van der Waals surface area contributed by atoms with Crippen molar-refractivity contribution >= 4 is 21.7 Å². The second kappa shape index (κ2) is 5.71. The highest BCUT2D eigenvalue weighted by molar-refractivity contribution is 7.91. The van der Waals surface area contributed by atoms with E-state index in [1.807, 2.05) is 0 Å². The summed E-state index contributed by atoms with van der Waals surface area (Å²) in [6.07, 6.45) is 0.979. The summed E-state index contributed by atoms with van der Waals surface area (Å²) in [6.45, 7) is 5.18. The van der Waals surface area contributed by atoms with Gasteiger partial charge in [-0.2, -0.15) is 0 Å². The van der Waals surface area contributed by atoms with Crippen molar-refractivity contribution in [1.82, 2.24) is 5.32 Å². The van der Waals surface area contributed by atoms with Gasteiger partial charge in [0.1, 0.15) is 0 Å². The monoisotopic (exact) mass is 305 g/mol. The van der Waals surface area contributed by atoms with Crippen LogP contribution in [0.3, 0.4) is 0 Å². The number of hydrogen-bond donors (Lipinski definition) is 2. The second-order valence-electron chi connectivity index (χ2n) is 5.92. The summed E-state index contributed by atoms with van der Waals surface area (Å²) >= 11 is 0. The van der Waals surface area contributed by atoms with Crippen LogP contribution in [0.5, 0.6) is 0 Å². The van der Waals surface area contributed by atoms with Gasteiger partial charge in [-0.25, -0.2) is 8.42 Å². The minimum atomic E-state index is -3.10. The summed E-state index contributed by atoms with van der Waals surface area (Å²) < 4.78 is 23.0. The second-order valence-corrected chi connectivity index (χ2v) is 8.10. The number of aliphatic carboxylic acids is 1. The van der Waals surface area contributed by atoms with E-state index in [0.717, 1.165) is 0 Å². The topological polar surface area (TPSA) is 101 Å². The molecule has 1 fully saturated rings. The first-order valence-electron chi connectivity index (χ1n) is 6.83. The van der Waals surface area contributed by atoms with E-state index < -0.39 is 32.7 Å². The molecule has 0 saturated carbocycles. The summed E-state index contributed by atoms with van der Waals surface area (Å²) in [7, 11) is -3.10. The number of carboxylic acids is 1. The smallest absolute Gasteiger partial charge is 0.310 e. The predicted molar refractivity (Wildman–Crippen MR) is 75.1 cm³/mol. The molecule has 1 heterocycles. The fraction of sp³-hybridized carbons (Fsp3) is 0.846. The van der Waals surface area contributed by atoms with Crippen LogP contribution >= 0.6 is 0 Å². The molecule has 1 atom stereocenters. The highest BCUT2D eigenvalue weighted by Gasteiger charge is 2.42. The van der Waals surface area contributed by atoms with Crippen LogP contribution in [-0.4, -0.2) is 42.4 Å². The molecule has 0 radical (unpaired) electrons. The van der Waals surface area contributed by atoms with Crippen molar-refractivity contribution in [3.63, 3.8) is 0 Å². The largest absolute Gasteiger partial charge is 0.481 e. The number of carboxylic acid groups (broad SMARTS) is 1. The zero-order valence-electron chi connectivity index (χ0n) is 12.2. The maximum atomic E-state index is 12.1. The Morgan fingerprint density at radius 2 is 1.85 bits per heavy atom. The summed E-state index contributed by atoms with van der Waals surface area (Å²) in [5.74, 6) is -1.39. The van der Waals surface area contributed by atoms with E-state index in [1.165, 1.54) is 0 Å². The van der Waals surface area contributed by atoms with Crippen molar-refractivity contribution in [2.75, 3.05) is 11.5 Å². The third-order valence-electron chi connectivity index (χ3n) is 4.25. The summed E-state index contributed by atoms with van der Waals surface area (Å²) in [5, 5.41) is 12.0. The summed E-state index contributed by atoms with van der Waals surface area (Å²) in [4.78, 5) is 23.4. The lowest BCUT2D eigenvalue weighted by Gasteiger charge is -2.29. The number of amides is 1. The van der Waals surface area contributed by atoms with Crippen molar-refractivity contribution in [3.05, 3.63) is 0 Å². The lowest BCUT2D eigenvalue weighted by atomic mass is 9.79. The van der Waals surface area contributed by atoms with Gasteiger partial charge in [0, 0.05) is 6.42 Å². The first kappa shape index (κ1) is 16.9. The molecule has 1 rings (SSSR count). The average molecular weight is 305 g/mol. The lowest BCUT2D eigenvalue weighted by molar-refractivity contribution is -0.152. The normalized spacial score (nSPS) is 25.4. The quantitative estimate of drug-likeness (QED) is 0.761. The lowest BCUT2D eigenvalue weighted by Crippen LogP contribution is -2.49. The van der Waals surface area contributed by atoms with Gasteiger partial charge in [-0.3, -0.25) is 9.59 Å². The Hall–Kier alpha value is -1.11. The Labute approximate surface area is 119 Å². The van der Waals surface area contributed by atoms with Crippen LogP contribution in [0.4, 0.5) is 0 Å². The van der Waals surface area contributed by atoms with Gasteiger partial charge in [-0.1, -0.05) is 13.8 Å². The number of carbonyl (C=O) groups is 2. The predicted octanol–water partition coefficient (Wildman–Crippen LogP) is 0.961. The molecule has 7 heteroatoms. The molecule has 0 aromatic rings. The Morgan fingerprint density at radius 1 is 1.30 bits per heavy atom. The standard InChI is InChI=1S/C13H23NO5S/c1-4-13(5-2,11(16)17)8-10(15)14-12(3)6-7-20(18,19)9-12/h4-9H2,1-3H3,(H,14,15)(H,16,17). The molecule has 0 spiro atoms. The van der Waals surface area contributed by atoms with E-state index >= 15 is 0 Å². The molecule has 1 saturated heterocycles. The van der Waals surface area contributed by atoms with Crippen molar-refractivity contribution in [1.29, 1.82) is 0 Å². The van der Waals surface area contributed by atoms with Crippen LogP contribution in [-0.2, 0) is 19.4 Å². The molecule has 1 aliphatic rings. The molecule has 0 aromatic carbocycles. The number of hydrogen-bond acceptors (Lipinski definition) is 4. The van der Waals surface area contributed by atoms with Gasteiger partial charge in [0.2, 0.25) is 5.91 Å². The van der Waals surface area contributed by atoms with Crippen LogP contribution < -0.4 is 5.32 Å².